The van der Waals surface area contributed by atoms with E-state index in [9.17, 15) is 18.4 Å². The zero-order chi connectivity index (χ0) is 32.6. The predicted molar refractivity (Wildman–Crippen MR) is 171 cm³/mol. The standard InChI is InChI=1S/C37H43F2N2O4/c1-7-40(8-2)30(25-12-16-27(38)17-13-25)10-9-11-31(26-14-18-28(39)19-15-26)41-22-20-37(21-23-41)24-29-32(42)35(3,4)34(43)36(5,6)33(29)44-45-37/h9-19,24,33H,7-8,20-23H2,1-6H3/q+1. The van der Waals surface area contributed by atoms with Crippen LogP contribution >= 0.6 is 0 Å². The van der Waals surface area contributed by atoms with Gasteiger partial charge in [0, 0.05) is 48.8 Å². The van der Waals surface area contributed by atoms with Crippen molar-refractivity contribution in [2.45, 2.75) is 66.1 Å². The molecule has 45 heavy (non-hydrogen) atoms. The summed E-state index contributed by atoms with van der Waals surface area (Å²) in [6.45, 7) is 13.9. The maximum Gasteiger partial charge on any atom is 0.207 e. The van der Waals surface area contributed by atoms with Crippen LogP contribution in [-0.4, -0.2) is 64.6 Å². The topological polar surface area (TPSA) is 58.9 Å². The van der Waals surface area contributed by atoms with Crippen LogP contribution < -0.4 is 0 Å². The number of carbonyl (C=O) groups is 2. The fraction of sp³-hybridized carbons (Fsp3) is 0.432. The fourth-order valence-electron chi connectivity index (χ4n) is 6.82. The number of benzene rings is 2. The van der Waals surface area contributed by atoms with Gasteiger partial charge in [-0.1, -0.05) is 6.08 Å². The van der Waals surface area contributed by atoms with Crippen LogP contribution in [0.4, 0.5) is 8.78 Å². The van der Waals surface area contributed by atoms with Crippen LogP contribution in [0, 0.1) is 22.5 Å². The molecule has 1 unspecified atom stereocenters. The van der Waals surface area contributed by atoms with Crippen molar-refractivity contribution in [2.75, 3.05) is 26.2 Å². The Morgan fingerprint density at radius 2 is 1.47 bits per heavy atom. The van der Waals surface area contributed by atoms with Crippen LogP contribution in [0.25, 0.3) is 5.70 Å². The summed E-state index contributed by atoms with van der Waals surface area (Å²) in [6.07, 6.45) is 8.30. The predicted octanol–water partition coefficient (Wildman–Crippen LogP) is 6.70. The first-order chi connectivity index (χ1) is 21.3. The van der Waals surface area contributed by atoms with Crippen molar-refractivity contribution in [3.8, 4) is 0 Å². The van der Waals surface area contributed by atoms with Gasteiger partial charge in [-0.2, -0.15) is 0 Å². The third-order valence-electron chi connectivity index (χ3n) is 9.49. The minimum absolute atomic E-state index is 0.153. The lowest BCUT2D eigenvalue weighted by molar-refractivity contribution is -0.554. The summed E-state index contributed by atoms with van der Waals surface area (Å²) < 4.78 is 29.8. The van der Waals surface area contributed by atoms with Crippen LogP contribution in [0.5, 0.6) is 0 Å². The molecule has 5 rings (SSSR count). The first-order valence-electron chi connectivity index (χ1n) is 15.8. The molecule has 0 amide bonds. The summed E-state index contributed by atoms with van der Waals surface area (Å²) in [5, 5.41) is 0. The molecule has 0 N–H and O–H groups in total. The lowest BCUT2D eigenvalue weighted by Gasteiger charge is -2.48. The Hall–Kier alpha value is -3.75. The van der Waals surface area contributed by atoms with E-state index in [1.165, 1.54) is 24.3 Å². The SMILES string of the molecule is CCN(CC)/C(=C/C=C/C(c1ccc(F)cc1)=[N+]1CCC2(C=C3C(=O)C(C)(C)C(=O)C(C)(C)C3OO2)CC1)c1ccc(F)cc1. The van der Waals surface area contributed by atoms with Gasteiger partial charge in [0.1, 0.15) is 36.4 Å². The number of ketones is 2. The van der Waals surface area contributed by atoms with E-state index < -0.39 is 22.5 Å². The minimum atomic E-state index is -1.13. The molecule has 0 radical (unpaired) electrons. The summed E-state index contributed by atoms with van der Waals surface area (Å²) >= 11 is 0. The molecule has 2 aromatic carbocycles. The Bertz CT molecular complexity index is 1570. The smallest absolute Gasteiger partial charge is 0.207 e. The highest BCUT2D eigenvalue weighted by molar-refractivity contribution is 6.19. The van der Waals surface area contributed by atoms with Crippen molar-refractivity contribution in [3.05, 3.63) is 101 Å². The lowest BCUT2D eigenvalue weighted by Crippen LogP contribution is -2.60. The van der Waals surface area contributed by atoms with E-state index in [4.69, 9.17) is 9.78 Å². The second-order valence-corrected chi connectivity index (χ2v) is 13.2. The second kappa shape index (κ2) is 12.6. The highest BCUT2D eigenvalue weighted by Gasteiger charge is 2.60. The van der Waals surface area contributed by atoms with Crippen molar-refractivity contribution in [2.24, 2.45) is 10.8 Å². The van der Waals surface area contributed by atoms with E-state index in [1.807, 2.05) is 24.3 Å². The molecular weight excluding hydrogens is 574 g/mol. The molecule has 1 spiro atoms. The summed E-state index contributed by atoms with van der Waals surface area (Å²) in [5.41, 5.74) is 1.37. The van der Waals surface area contributed by atoms with E-state index in [1.54, 1.807) is 52.0 Å². The van der Waals surface area contributed by atoms with E-state index >= 15 is 0 Å². The van der Waals surface area contributed by atoms with E-state index in [2.05, 4.69) is 23.3 Å². The maximum atomic E-state index is 13.9. The number of hydrogen-bond donors (Lipinski definition) is 0. The van der Waals surface area contributed by atoms with Crippen LogP contribution in [0.1, 0.15) is 65.5 Å². The van der Waals surface area contributed by atoms with E-state index in [-0.39, 0.29) is 23.2 Å². The van der Waals surface area contributed by atoms with Crippen molar-refractivity contribution in [1.29, 1.82) is 0 Å². The van der Waals surface area contributed by atoms with Gasteiger partial charge in [0.05, 0.1) is 10.8 Å². The molecule has 6 nitrogen and oxygen atoms in total. The molecule has 1 saturated heterocycles. The summed E-state index contributed by atoms with van der Waals surface area (Å²) in [5.74, 6) is -0.953. The summed E-state index contributed by atoms with van der Waals surface area (Å²) in [6, 6.07) is 12.9. The summed E-state index contributed by atoms with van der Waals surface area (Å²) in [7, 11) is 0. The van der Waals surface area contributed by atoms with Gasteiger partial charge in [0.2, 0.25) is 5.71 Å². The number of nitrogens with zero attached hydrogens (tertiary/aromatic N) is 2. The van der Waals surface area contributed by atoms with Crippen LogP contribution in [0.2, 0.25) is 0 Å². The van der Waals surface area contributed by atoms with Crippen molar-refractivity contribution < 1.29 is 32.7 Å². The number of allylic oxidation sites excluding steroid dienone is 3. The number of carbonyl (C=O) groups excluding carboxylic acids is 2. The molecule has 2 heterocycles. The molecule has 8 heteroatoms. The minimum Gasteiger partial charge on any atom is -0.372 e. The Balaban J connectivity index is 1.48. The van der Waals surface area contributed by atoms with Crippen molar-refractivity contribution in [1.82, 2.24) is 4.90 Å². The zero-order valence-electron chi connectivity index (χ0n) is 27.0. The van der Waals surface area contributed by atoms with Crippen LogP contribution in [-0.2, 0) is 19.4 Å². The number of halogens is 2. The normalized spacial score (nSPS) is 24.5. The quantitative estimate of drug-likeness (QED) is 0.150. The Morgan fingerprint density at radius 1 is 0.911 bits per heavy atom. The van der Waals surface area contributed by atoms with Gasteiger partial charge in [0.25, 0.3) is 0 Å². The monoisotopic (exact) mass is 617 g/mol. The van der Waals surface area contributed by atoms with E-state index in [0.29, 0.717) is 31.5 Å². The fourth-order valence-corrected chi connectivity index (χ4v) is 6.82. The van der Waals surface area contributed by atoms with Gasteiger partial charge in [-0.25, -0.2) is 23.1 Å². The number of rotatable bonds is 7. The molecule has 3 aliphatic rings. The average molecular weight is 618 g/mol. The Morgan fingerprint density at radius 3 is 2.02 bits per heavy atom. The molecule has 1 atom stereocenters. The first kappa shape index (κ1) is 32.6. The van der Waals surface area contributed by atoms with Gasteiger partial charge in [-0.05, 0) is 108 Å². The third kappa shape index (κ3) is 6.23. The number of Topliss-reactive ketones (excluding diaryl/α,β-unsaturated/α-hetero) is 2. The van der Waals surface area contributed by atoms with Crippen molar-refractivity contribution in [3.63, 3.8) is 0 Å². The van der Waals surface area contributed by atoms with E-state index in [0.717, 1.165) is 35.6 Å². The highest BCUT2D eigenvalue weighted by atomic mass is 19.1. The third-order valence-corrected chi connectivity index (χ3v) is 9.49. The van der Waals surface area contributed by atoms with Crippen LogP contribution in [0.15, 0.2) is 78.4 Å². The number of hydrogen-bond acceptors (Lipinski definition) is 5. The van der Waals surface area contributed by atoms with Crippen molar-refractivity contribution >= 4 is 23.0 Å². The van der Waals surface area contributed by atoms with Gasteiger partial charge in [0.15, 0.2) is 11.6 Å². The van der Waals surface area contributed by atoms with Gasteiger partial charge in [-0.3, -0.25) is 9.59 Å². The molecule has 0 bridgehead atoms. The van der Waals surface area contributed by atoms with Gasteiger partial charge >= 0.3 is 0 Å². The molecule has 238 valence electrons. The first-order valence-corrected chi connectivity index (χ1v) is 15.8. The van der Waals surface area contributed by atoms with Crippen LogP contribution in [0.3, 0.4) is 0 Å². The molecule has 2 aromatic rings. The number of piperidine rings is 1. The lowest BCUT2D eigenvalue weighted by atomic mass is 9.59. The molecule has 1 aliphatic carbocycles. The second-order valence-electron chi connectivity index (χ2n) is 13.2. The molecule has 2 aliphatic heterocycles. The zero-order valence-corrected chi connectivity index (χ0v) is 27.0. The number of fused-ring (bicyclic) bond motifs is 1. The highest BCUT2D eigenvalue weighted by Crippen LogP contribution is 2.48. The molecule has 1 saturated carbocycles. The average Bonchev–Trinajstić information content (AvgIpc) is 3.03. The molecule has 0 aromatic heterocycles. The molecule has 2 fully saturated rings. The Labute approximate surface area is 264 Å². The van der Waals surface area contributed by atoms with Gasteiger partial charge in [-0.15, -0.1) is 0 Å². The largest absolute Gasteiger partial charge is 0.372 e. The molecular formula is C37H43F2N2O4+. The summed E-state index contributed by atoms with van der Waals surface area (Å²) in [4.78, 5) is 40.7. The van der Waals surface area contributed by atoms with Gasteiger partial charge < -0.3 is 4.90 Å². The maximum absolute atomic E-state index is 13.9. The Kier molecular flexibility index (Phi) is 9.11.